The van der Waals surface area contributed by atoms with Crippen molar-refractivity contribution in [3.8, 4) is 0 Å². The second-order valence-corrected chi connectivity index (χ2v) is 5.83. The van der Waals surface area contributed by atoms with Crippen LogP contribution >= 0.6 is 15.9 Å². The van der Waals surface area contributed by atoms with Crippen molar-refractivity contribution in [1.82, 2.24) is 4.90 Å². The van der Waals surface area contributed by atoms with E-state index in [0.29, 0.717) is 0 Å². The maximum Gasteiger partial charge on any atom is 0.373 e. The average molecular weight is 352 g/mol. The smallest absolute Gasteiger partial charge is 0.373 e. The predicted octanol–water partition coefficient (Wildman–Crippen LogP) is 4.02. The van der Waals surface area contributed by atoms with Crippen LogP contribution in [0.4, 0.5) is 0 Å². The third-order valence-corrected chi connectivity index (χ3v) is 3.96. The lowest BCUT2D eigenvalue weighted by Gasteiger charge is -2.23. The molecule has 0 fully saturated rings. The van der Waals surface area contributed by atoms with E-state index in [1.165, 1.54) is 12.7 Å². The van der Waals surface area contributed by atoms with Crippen molar-refractivity contribution in [3.05, 3.63) is 58.0 Å². The van der Waals surface area contributed by atoms with E-state index in [1.807, 2.05) is 32.2 Å². The number of halogens is 1. The Labute approximate surface area is 132 Å². The van der Waals surface area contributed by atoms with Crippen molar-refractivity contribution >= 4 is 21.9 Å². The first-order valence-corrected chi connectivity index (χ1v) is 7.43. The quantitative estimate of drug-likeness (QED) is 0.763. The molecule has 1 heterocycles. The highest BCUT2D eigenvalue weighted by Gasteiger charge is 2.18. The van der Waals surface area contributed by atoms with E-state index in [1.54, 1.807) is 6.07 Å². The zero-order valence-electron chi connectivity index (χ0n) is 12.3. The van der Waals surface area contributed by atoms with Crippen LogP contribution in [-0.4, -0.2) is 25.0 Å². The molecule has 1 unspecified atom stereocenters. The molecule has 0 aliphatic carbocycles. The standard InChI is InChI=1S/C16H18BrNO3/c1-11(14-8-9-15(21-14)16(19)20-3)18(2)10-12-4-6-13(17)7-5-12/h4-9,11H,10H2,1-3H3. The molecule has 0 amide bonds. The summed E-state index contributed by atoms with van der Waals surface area (Å²) in [6, 6.07) is 11.7. The van der Waals surface area contributed by atoms with Gasteiger partial charge in [-0.25, -0.2) is 4.79 Å². The summed E-state index contributed by atoms with van der Waals surface area (Å²) in [4.78, 5) is 13.6. The minimum absolute atomic E-state index is 0.0621. The van der Waals surface area contributed by atoms with Crippen LogP contribution in [0.5, 0.6) is 0 Å². The second-order valence-electron chi connectivity index (χ2n) is 4.91. The van der Waals surface area contributed by atoms with E-state index < -0.39 is 5.97 Å². The topological polar surface area (TPSA) is 42.7 Å². The van der Waals surface area contributed by atoms with Gasteiger partial charge in [-0.2, -0.15) is 0 Å². The second kappa shape index (κ2) is 6.91. The number of carbonyl (C=O) groups is 1. The van der Waals surface area contributed by atoms with Gasteiger partial charge < -0.3 is 9.15 Å². The molecule has 0 bridgehead atoms. The fourth-order valence-electron chi connectivity index (χ4n) is 2.02. The molecular formula is C16H18BrNO3. The minimum atomic E-state index is -0.455. The van der Waals surface area contributed by atoms with Gasteiger partial charge in [0.15, 0.2) is 0 Å². The summed E-state index contributed by atoms with van der Waals surface area (Å²) in [5.41, 5.74) is 1.22. The molecule has 0 spiro atoms. The first-order valence-electron chi connectivity index (χ1n) is 6.64. The Hall–Kier alpha value is -1.59. The summed E-state index contributed by atoms with van der Waals surface area (Å²) in [5.74, 6) is 0.524. The van der Waals surface area contributed by atoms with Crippen LogP contribution in [0.25, 0.3) is 0 Å². The van der Waals surface area contributed by atoms with Crippen molar-refractivity contribution in [1.29, 1.82) is 0 Å². The largest absolute Gasteiger partial charge is 0.463 e. The first-order chi connectivity index (χ1) is 10.0. The zero-order valence-corrected chi connectivity index (χ0v) is 13.9. The number of hydrogen-bond acceptors (Lipinski definition) is 4. The lowest BCUT2D eigenvalue weighted by atomic mass is 10.1. The molecule has 0 radical (unpaired) electrons. The van der Waals surface area contributed by atoms with Gasteiger partial charge in [-0.05, 0) is 43.8 Å². The van der Waals surface area contributed by atoms with Crippen molar-refractivity contribution in [2.24, 2.45) is 0 Å². The maximum atomic E-state index is 11.4. The number of nitrogens with zero attached hydrogens (tertiary/aromatic N) is 1. The molecule has 0 saturated heterocycles. The van der Waals surface area contributed by atoms with Crippen LogP contribution in [-0.2, 0) is 11.3 Å². The van der Waals surface area contributed by atoms with Crippen molar-refractivity contribution in [2.45, 2.75) is 19.5 Å². The normalized spacial score (nSPS) is 12.4. The van der Waals surface area contributed by atoms with Crippen LogP contribution in [0.3, 0.4) is 0 Å². The van der Waals surface area contributed by atoms with Gasteiger partial charge in [0.25, 0.3) is 0 Å². The molecule has 2 aromatic rings. The number of carbonyl (C=O) groups excluding carboxylic acids is 1. The van der Waals surface area contributed by atoms with Gasteiger partial charge in [0, 0.05) is 11.0 Å². The van der Waals surface area contributed by atoms with Gasteiger partial charge in [0.1, 0.15) is 5.76 Å². The molecule has 2 rings (SSSR count). The minimum Gasteiger partial charge on any atom is -0.463 e. The van der Waals surface area contributed by atoms with E-state index in [-0.39, 0.29) is 11.8 Å². The van der Waals surface area contributed by atoms with Crippen LogP contribution in [0.1, 0.15) is 34.8 Å². The van der Waals surface area contributed by atoms with Gasteiger partial charge in [-0.15, -0.1) is 0 Å². The van der Waals surface area contributed by atoms with Gasteiger partial charge in [-0.1, -0.05) is 28.1 Å². The van der Waals surface area contributed by atoms with Crippen LogP contribution in [0.15, 0.2) is 45.3 Å². The highest BCUT2D eigenvalue weighted by atomic mass is 79.9. The number of ether oxygens (including phenoxy) is 1. The van der Waals surface area contributed by atoms with Crippen LogP contribution < -0.4 is 0 Å². The van der Waals surface area contributed by atoms with Gasteiger partial charge in [0.05, 0.1) is 13.2 Å². The molecule has 0 saturated carbocycles. The van der Waals surface area contributed by atoms with E-state index in [9.17, 15) is 4.79 Å². The third-order valence-electron chi connectivity index (χ3n) is 3.43. The maximum absolute atomic E-state index is 11.4. The molecular weight excluding hydrogens is 334 g/mol. The summed E-state index contributed by atoms with van der Waals surface area (Å²) < 4.78 is 11.3. The van der Waals surface area contributed by atoms with Crippen molar-refractivity contribution in [2.75, 3.05) is 14.2 Å². The number of rotatable bonds is 5. The Morgan fingerprint density at radius 2 is 1.95 bits per heavy atom. The molecule has 1 aromatic carbocycles. The Kier molecular flexibility index (Phi) is 5.20. The monoisotopic (exact) mass is 351 g/mol. The van der Waals surface area contributed by atoms with E-state index in [4.69, 9.17) is 4.42 Å². The fraction of sp³-hybridized carbons (Fsp3) is 0.312. The van der Waals surface area contributed by atoms with E-state index >= 15 is 0 Å². The highest BCUT2D eigenvalue weighted by Crippen LogP contribution is 2.23. The SMILES string of the molecule is COC(=O)c1ccc(C(C)N(C)Cc2ccc(Br)cc2)o1. The lowest BCUT2D eigenvalue weighted by molar-refractivity contribution is 0.0559. The molecule has 1 atom stereocenters. The number of methoxy groups -OCH3 is 1. The van der Waals surface area contributed by atoms with Crippen LogP contribution in [0, 0.1) is 0 Å². The fourth-order valence-corrected chi connectivity index (χ4v) is 2.28. The van der Waals surface area contributed by atoms with Gasteiger partial charge in [0.2, 0.25) is 5.76 Å². The number of esters is 1. The van der Waals surface area contributed by atoms with Crippen molar-refractivity contribution in [3.63, 3.8) is 0 Å². The average Bonchev–Trinajstić information content (AvgIpc) is 2.97. The summed E-state index contributed by atoms with van der Waals surface area (Å²) >= 11 is 3.43. The highest BCUT2D eigenvalue weighted by molar-refractivity contribution is 9.10. The first kappa shape index (κ1) is 15.8. The van der Waals surface area contributed by atoms with Gasteiger partial charge in [-0.3, -0.25) is 4.90 Å². The third kappa shape index (κ3) is 3.95. The Balaban J connectivity index is 2.04. The summed E-state index contributed by atoms with van der Waals surface area (Å²) in [7, 11) is 3.36. The van der Waals surface area contributed by atoms with Crippen LogP contribution in [0.2, 0.25) is 0 Å². The lowest BCUT2D eigenvalue weighted by Crippen LogP contribution is -2.21. The van der Waals surface area contributed by atoms with Gasteiger partial charge >= 0.3 is 5.97 Å². The number of hydrogen-bond donors (Lipinski definition) is 0. The molecule has 5 heteroatoms. The molecule has 112 valence electrons. The molecule has 0 aliphatic heterocycles. The van der Waals surface area contributed by atoms with E-state index in [2.05, 4.69) is 37.7 Å². The molecule has 0 N–H and O–H groups in total. The number of benzene rings is 1. The summed E-state index contributed by atoms with van der Waals surface area (Å²) in [5, 5.41) is 0. The Morgan fingerprint density at radius 3 is 2.57 bits per heavy atom. The summed E-state index contributed by atoms with van der Waals surface area (Å²) in [6.45, 7) is 2.83. The van der Waals surface area contributed by atoms with Crippen molar-refractivity contribution < 1.29 is 13.9 Å². The Morgan fingerprint density at radius 1 is 1.29 bits per heavy atom. The molecule has 0 aliphatic rings. The predicted molar refractivity (Wildman–Crippen MR) is 84.1 cm³/mol. The molecule has 4 nitrogen and oxygen atoms in total. The van der Waals surface area contributed by atoms with E-state index in [0.717, 1.165) is 16.8 Å². The summed E-state index contributed by atoms with van der Waals surface area (Å²) in [6.07, 6.45) is 0. The number of furan rings is 1. The zero-order chi connectivity index (χ0) is 15.4. The molecule has 1 aromatic heterocycles. The molecule has 21 heavy (non-hydrogen) atoms. The Bertz CT molecular complexity index is 606.